The lowest BCUT2D eigenvalue weighted by molar-refractivity contribution is 0.142. The minimum atomic E-state index is -1.86. The Morgan fingerprint density at radius 1 is 1.10 bits per heavy atom. The summed E-state index contributed by atoms with van der Waals surface area (Å²) in [6.07, 6.45) is 0. The summed E-state index contributed by atoms with van der Waals surface area (Å²) in [4.78, 5) is 0. The van der Waals surface area contributed by atoms with E-state index in [1.807, 2.05) is 0 Å². The van der Waals surface area contributed by atoms with E-state index in [-0.39, 0.29) is 0 Å². The highest BCUT2D eigenvalue weighted by molar-refractivity contribution is 6.75. The van der Waals surface area contributed by atoms with Gasteiger partial charge in [0, 0.05) is 0 Å². The Hall–Kier alpha value is 1.41. The van der Waals surface area contributed by atoms with E-state index in [4.69, 9.17) is 58.0 Å². The van der Waals surface area contributed by atoms with Gasteiger partial charge in [0.2, 0.25) is 3.79 Å². The van der Waals surface area contributed by atoms with Gasteiger partial charge >= 0.3 is 0 Å². The van der Waals surface area contributed by atoms with E-state index in [1.54, 1.807) is 6.92 Å². The molecule has 0 N–H and O–H groups in total. The van der Waals surface area contributed by atoms with E-state index < -0.39 is 8.31 Å². The molecule has 10 heavy (non-hydrogen) atoms. The monoisotopic (exact) mass is 243 g/mol. The highest BCUT2D eigenvalue weighted by atomic mass is 35.6. The molecule has 0 fully saturated rings. The second-order valence-corrected chi connectivity index (χ2v) is 4.91. The fourth-order valence-corrected chi connectivity index (χ4v) is 0.527. The number of halogens is 5. The maximum absolute atomic E-state index is 5.43. The molecule has 0 aliphatic rings. The molecule has 0 rings (SSSR count). The Morgan fingerprint density at radius 3 is 1.60 bits per heavy atom. The van der Waals surface area contributed by atoms with Crippen LogP contribution in [0.15, 0.2) is 0 Å². The van der Waals surface area contributed by atoms with Crippen molar-refractivity contribution in [3.8, 4) is 0 Å². The standard InChI is InChI=1S/C4H4Cl5O/c1-2-10-4(8,9)3(5,6)7/h2H,1H3. The van der Waals surface area contributed by atoms with Crippen molar-refractivity contribution >= 4 is 58.0 Å². The van der Waals surface area contributed by atoms with Crippen molar-refractivity contribution in [1.29, 1.82) is 0 Å². The highest BCUT2D eigenvalue weighted by Crippen LogP contribution is 2.46. The molecule has 1 nitrogen and oxygen atoms in total. The first-order valence-corrected chi connectivity index (χ1v) is 4.10. The SMILES string of the molecule is C[CH]OC(Cl)(Cl)C(Cl)(Cl)Cl. The molecular formula is C4H4Cl5O. The topological polar surface area (TPSA) is 9.23 Å². The average molecular weight is 245 g/mol. The van der Waals surface area contributed by atoms with Gasteiger partial charge in [-0.1, -0.05) is 58.0 Å². The van der Waals surface area contributed by atoms with Crippen molar-refractivity contribution in [2.75, 3.05) is 0 Å². The van der Waals surface area contributed by atoms with Crippen LogP contribution in [0.25, 0.3) is 0 Å². The van der Waals surface area contributed by atoms with Crippen molar-refractivity contribution in [3.05, 3.63) is 6.61 Å². The third-order valence-corrected chi connectivity index (χ3v) is 2.72. The zero-order chi connectivity index (χ0) is 8.41. The summed E-state index contributed by atoms with van der Waals surface area (Å²) >= 11 is 26.8. The Balaban J connectivity index is 4.10. The summed E-state index contributed by atoms with van der Waals surface area (Å²) in [5.41, 5.74) is 0. The summed E-state index contributed by atoms with van der Waals surface area (Å²) in [6, 6.07) is 0. The summed E-state index contributed by atoms with van der Waals surface area (Å²) in [5.74, 6) is 0. The van der Waals surface area contributed by atoms with Gasteiger partial charge in [0.25, 0.3) is 4.52 Å². The van der Waals surface area contributed by atoms with E-state index in [0.29, 0.717) is 0 Å². The van der Waals surface area contributed by atoms with E-state index in [2.05, 4.69) is 4.74 Å². The number of ether oxygens (including phenoxy) is 1. The van der Waals surface area contributed by atoms with Gasteiger partial charge in [-0.15, -0.1) is 0 Å². The van der Waals surface area contributed by atoms with Crippen LogP contribution < -0.4 is 0 Å². The third-order valence-electron chi connectivity index (χ3n) is 0.596. The van der Waals surface area contributed by atoms with E-state index in [0.717, 1.165) is 0 Å². The highest BCUT2D eigenvalue weighted by Gasteiger charge is 2.47. The molecule has 0 bridgehead atoms. The molecule has 1 radical (unpaired) electrons. The van der Waals surface area contributed by atoms with Crippen molar-refractivity contribution < 1.29 is 4.74 Å². The lowest BCUT2D eigenvalue weighted by atomic mass is 10.7. The third kappa shape index (κ3) is 3.21. The first kappa shape index (κ1) is 11.4. The first-order valence-electron chi connectivity index (χ1n) is 2.21. The Bertz CT molecular complexity index is 107. The Labute approximate surface area is 84.5 Å². The molecule has 0 heterocycles. The Kier molecular flexibility index (Phi) is 4.43. The molecule has 0 amide bonds. The zero-order valence-corrected chi connectivity index (χ0v) is 8.66. The van der Waals surface area contributed by atoms with Crippen LogP contribution in [-0.2, 0) is 4.74 Å². The van der Waals surface area contributed by atoms with Crippen LogP contribution in [0.3, 0.4) is 0 Å². The first-order chi connectivity index (χ1) is 4.31. The smallest absolute Gasteiger partial charge is 0.266 e. The van der Waals surface area contributed by atoms with Gasteiger partial charge in [-0.05, 0) is 6.92 Å². The number of alkyl halides is 5. The Morgan fingerprint density at radius 2 is 1.50 bits per heavy atom. The van der Waals surface area contributed by atoms with Crippen LogP contribution in [0.1, 0.15) is 6.92 Å². The molecule has 0 aliphatic carbocycles. The molecule has 0 aliphatic heterocycles. The minimum absolute atomic E-state index is 1.24. The molecule has 0 saturated carbocycles. The number of hydrogen-bond donors (Lipinski definition) is 0. The average Bonchev–Trinajstić information content (AvgIpc) is 1.61. The van der Waals surface area contributed by atoms with Crippen LogP contribution in [0.2, 0.25) is 0 Å². The lowest BCUT2D eigenvalue weighted by Gasteiger charge is -2.25. The fraction of sp³-hybridized carbons (Fsp3) is 0.750. The van der Waals surface area contributed by atoms with Crippen molar-refractivity contribution in [2.45, 2.75) is 15.2 Å². The molecular weight excluding hydrogens is 241 g/mol. The van der Waals surface area contributed by atoms with Crippen LogP contribution in [0.4, 0.5) is 0 Å². The molecule has 0 saturated heterocycles. The van der Waals surface area contributed by atoms with Gasteiger partial charge in [-0.3, -0.25) is 0 Å². The van der Waals surface area contributed by atoms with Gasteiger partial charge in [-0.25, -0.2) is 0 Å². The van der Waals surface area contributed by atoms with Crippen LogP contribution in [0, 0.1) is 6.61 Å². The molecule has 0 aromatic rings. The molecule has 0 unspecified atom stereocenters. The normalized spacial score (nSPS) is 13.8. The second-order valence-electron chi connectivity index (χ2n) is 1.37. The summed E-state index contributed by atoms with van der Waals surface area (Å²) < 4.78 is 0.918. The zero-order valence-electron chi connectivity index (χ0n) is 4.88. The van der Waals surface area contributed by atoms with Gasteiger partial charge in [0.15, 0.2) is 0 Å². The van der Waals surface area contributed by atoms with Gasteiger partial charge < -0.3 is 4.74 Å². The maximum Gasteiger partial charge on any atom is 0.266 e. The summed E-state index contributed by atoms with van der Waals surface area (Å²) in [6.45, 7) is 2.80. The van der Waals surface area contributed by atoms with E-state index in [1.165, 1.54) is 6.61 Å². The quantitative estimate of drug-likeness (QED) is 0.674. The molecule has 0 atom stereocenters. The summed E-state index contributed by atoms with van der Waals surface area (Å²) in [7, 11) is 0. The van der Waals surface area contributed by atoms with E-state index in [9.17, 15) is 0 Å². The molecule has 6 heteroatoms. The maximum atomic E-state index is 5.43. The fourth-order valence-electron chi connectivity index (χ4n) is 0.215. The van der Waals surface area contributed by atoms with E-state index >= 15 is 0 Å². The van der Waals surface area contributed by atoms with Crippen molar-refractivity contribution in [1.82, 2.24) is 0 Å². The molecule has 0 aromatic heterocycles. The van der Waals surface area contributed by atoms with Gasteiger partial charge in [0.1, 0.15) is 0 Å². The largest absolute Gasteiger partial charge is 0.338 e. The van der Waals surface area contributed by atoms with Crippen LogP contribution in [-0.4, -0.2) is 8.31 Å². The lowest BCUT2D eigenvalue weighted by Crippen LogP contribution is -2.32. The molecule has 61 valence electrons. The minimum Gasteiger partial charge on any atom is -0.338 e. The predicted molar refractivity (Wildman–Crippen MR) is 45.8 cm³/mol. The molecule has 0 spiro atoms. The number of hydrogen-bond acceptors (Lipinski definition) is 1. The van der Waals surface area contributed by atoms with Crippen LogP contribution in [0.5, 0.6) is 0 Å². The van der Waals surface area contributed by atoms with Crippen LogP contribution >= 0.6 is 58.0 Å². The number of rotatable bonds is 2. The summed E-state index contributed by atoms with van der Waals surface area (Å²) in [5, 5.41) is 0. The van der Waals surface area contributed by atoms with Crippen molar-refractivity contribution in [3.63, 3.8) is 0 Å². The predicted octanol–water partition coefficient (Wildman–Crippen LogP) is 3.69. The second kappa shape index (κ2) is 3.88. The van der Waals surface area contributed by atoms with Gasteiger partial charge in [-0.2, -0.15) is 0 Å². The van der Waals surface area contributed by atoms with Crippen molar-refractivity contribution in [2.24, 2.45) is 0 Å². The van der Waals surface area contributed by atoms with Gasteiger partial charge in [0.05, 0.1) is 6.61 Å². The molecule has 0 aromatic carbocycles.